The minimum absolute atomic E-state index is 0.134. The van der Waals surface area contributed by atoms with Gasteiger partial charge in [0.1, 0.15) is 5.82 Å². The van der Waals surface area contributed by atoms with Gasteiger partial charge in [-0.15, -0.1) is 5.10 Å². The van der Waals surface area contributed by atoms with Gasteiger partial charge in [-0.05, 0) is 31.2 Å². The van der Waals surface area contributed by atoms with Crippen LogP contribution in [0.4, 0.5) is 5.69 Å². The highest BCUT2D eigenvalue weighted by Gasteiger charge is 2.19. The van der Waals surface area contributed by atoms with Gasteiger partial charge in [-0.3, -0.25) is 15.2 Å². The number of nitro benzene ring substituents is 1. The number of nitrogens with one attached hydrogen (secondary N) is 1. The van der Waals surface area contributed by atoms with Crippen molar-refractivity contribution >= 4 is 23.4 Å². The van der Waals surface area contributed by atoms with Gasteiger partial charge >= 0.3 is 5.97 Å². The Labute approximate surface area is 130 Å². The van der Waals surface area contributed by atoms with E-state index in [0.717, 1.165) is 11.8 Å². The number of non-ortho nitro benzene ring substituents is 1. The predicted octanol–water partition coefficient (Wildman–Crippen LogP) is 2.74. The molecule has 0 unspecified atom stereocenters. The van der Waals surface area contributed by atoms with Crippen LogP contribution >= 0.6 is 11.8 Å². The van der Waals surface area contributed by atoms with Gasteiger partial charge in [0.2, 0.25) is 5.16 Å². The van der Waals surface area contributed by atoms with Gasteiger partial charge in [-0.1, -0.05) is 6.92 Å². The molecule has 0 spiro atoms. The fourth-order valence-electron chi connectivity index (χ4n) is 1.62. The van der Waals surface area contributed by atoms with E-state index in [1.54, 1.807) is 6.92 Å². The molecule has 0 saturated carbocycles. The molecule has 0 fully saturated rings. The van der Waals surface area contributed by atoms with E-state index < -0.39 is 10.9 Å². The van der Waals surface area contributed by atoms with E-state index in [-0.39, 0.29) is 17.9 Å². The monoisotopic (exact) mass is 322 g/mol. The van der Waals surface area contributed by atoms with Crippen LogP contribution in [0.5, 0.6) is 0 Å². The molecule has 1 heterocycles. The highest BCUT2D eigenvalue weighted by Crippen LogP contribution is 2.31. The van der Waals surface area contributed by atoms with Crippen LogP contribution in [0.15, 0.2) is 28.3 Å². The second kappa shape index (κ2) is 7.03. The molecule has 0 aliphatic heterocycles. The first-order valence-corrected chi connectivity index (χ1v) is 7.35. The van der Waals surface area contributed by atoms with Gasteiger partial charge < -0.3 is 4.74 Å². The maximum atomic E-state index is 12.1. The smallest absolute Gasteiger partial charge is 0.339 e. The van der Waals surface area contributed by atoms with Crippen molar-refractivity contribution in [2.24, 2.45) is 0 Å². The van der Waals surface area contributed by atoms with E-state index in [1.165, 1.54) is 18.2 Å². The maximum Gasteiger partial charge on any atom is 0.339 e. The molecule has 1 aromatic carbocycles. The summed E-state index contributed by atoms with van der Waals surface area (Å²) in [5.41, 5.74) is -0.0333. The summed E-state index contributed by atoms with van der Waals surface area (Å²) in [5.74, 6) is 0.0415. The Morgan fingerprint density at radius 3 is 2.86 bits per heavy atom. The van der Waals surface area contributed by atoms with E-state index in [0.29, 0.717) is 22.3 Å². The molecule has 116 valence electrons. The first-order valence-electron chi connectivity index (χ1n) is 6.53. The largest absolute Gasteiger partial charge is 0.462 e. The Balaban J connectivity index is 2.34. The average molecular weight is 322 g/mol. The molecule has 0 bridgehead atoms. The first-order chi connectivity index (χ1) is 10.5. The van der Waals surface area contributed by atoms with Gasteiger partial charge in [-0.25, -0.2) is 9.78 Å². The van der Waals surface area contributed by atoms with Crippen molar-refractivity contribution in [1.29, 1.82) is 0 Å². The number of carbonyl (C=O) groups excluding carboxylic acids is 1. The highest BCUT2D eigenvalue weighted by atomic mass is 32.2. The number of hydrogen-bond acceptors (Lipinski definition) is 7. The zero-order valence-corrected chi connectivity index (χ0v) is 12.8. The number of ether oxygens (including phenoxy) is 1. The van der Waals surface area contributed by atoms with Crippen molar-refractivity contribution < 1.29 is 14.5 Å². The summed E-state index contributed by atoms with van der Waals surface area (Å²) in [6, 6.07) is 4.04. The van der Waals surface area contributed by atoms with Crippen molar-refractivity contribution in [3.05, 3.63) is 39.7 Å². The summed E-state index contributed by atoms with van der Waals surface area (Å²) in [4.78, 5) is 27.1. The third-order valence-electron chi connectivity index (χ3n) is 2.61. The Kier molecular flexibility index (Phi) is 5.10. The molecular formula is C13H14N4O4S. The number of esters is 1. The van der Waals surface area contributed by atoms with Crippen LogP contribution in [0, 0.1) is 17.0 Å². The summed E-state index contributed by atoms with van der Waals surface area (Å²) in [5, 5.41) is 18.0. The molecule has 2 rings (SSSR count). The maximum absolute atomic E-state index is 12.1. The molecule has 1 aromatic heterocycles. The quantitative estimate of drug-likeness (QED) is 0.494. The molecule has 0 atom stereocenters. The molecule has 9 heteroatoms. The Bertz CT molecular complexity index is 701. The van der Waals surface area contributed by atoms with Crippen LogP contribution in [-0.2, 0) is 4.74 Å². The zero-order valence-electron chi connectivity index (χ0n) is 12.0. The number of benzene rings is 1. The lowest BCUT2D eigenvalue weighted by Gasteiger charge is -2.07. The number of nitro groups is 1. The van der Waals surface area contributed by atoms with Gasteiger partial charge in [0, 0.05) is 17.0 Å². The molecular weight excluding hydrogens is 308 g/mol. The molecule has 1 N–H and O–H groups in total. The number of aryl methyl sites for hydroxylation is 1. The number of hydrogen-bond donors (Lipinski definition) is 1. The molecule has 22 heavy (non-hydrogen) atoms. The summed E-state index contributed by atoms with van der Waals surface area (Å²) in [6.07, 6.45) is 0.670. The number of H-pyrrole nitrogens is 1. The van der Waals surface area contributed by atoms with Crippen molar-refractivity contribution in [3.63, 3.8) is 0 Å². The second-order valence-corrected chi connectivity index (χ2v) is 5.39. The average Bonchev–Trinajstić information content (AvgIpc) is 2.90. The lowest BCUT2D eigenvalue weighted by Crippen LogP contribution is -2.08. The van der Waals surface area contributed by atoms with Crippen molar-refractivity contribution in [2.75, 3.05) is 6.61 Å². The topological polar surface area (TPSA) is 111 Å². The number of nitrogens with zero attached hydrogens (tertiary/aromatic N) is 3. The van der Waals surface area contributed by atoms with Crippen molar-refractivity contribution in [1.82, 2.24) is 15.2 Å². The number of aromatic amines is 1. The minimum Gasteiger partial charge on any atom is -0.462 e. The summed E-state index contributed by atoms with van der Waals surface area (Å²) in [7, 11) is 0. The molecule has 0 aliphatic rings. The molecule has 0 saturated heterocycles. The Morgan fingerprint density at radius 1 is 1.50 bits per heavy atom. The molecule has 0 radical (unpaired) electrons. The molecule has 8 nitrogen and oxygen atoms in total. The molecule has 2 aromatic rings. The van der Waals surface area contributed by atoms with E-state index >= 15 is 0 Å². The van der Waals surface area contributed by atoms with Crippen LogP contribution in [0.25, 0.3) is 0 Å². The fourth-order valence-corrected chi connectivity index (χ4v) is 2.48. The summed E-state index contributed by atoms with van der Waals surface area (Å²) >= 11 is 1.14. The summed E-state index contributed by atoms with van der Waals surface area (Å²) < 4.78 is 5.07. The minimum atomic E-state index is -0.597. The SMILES string of the molecule is CCCOC(=O)c1cc([N+](=O)[O-])ccc1Sc1n[nH]c(C)n1. The summed E-state index contributed by atoms with van der Waals surface area (Å²) in [6.45, 7) is 3.88. The van der Waals surface area contributed by atoms with E-state index in [4.69, 9.17) is 4.74 Å². The Morgan fingerprint density at radius 2 is 2.27 bits per heavy atom. The van der Waals surface area contributed by atoms with Crippen LogP contribution in [0.3, 0.4) is 0 Å². The highest BCUT2D eigenvalue weighted by molar-refractivity contribution is 7.99. The van der Waals surface area contributed by atoms with Gasteiger partial charge in [0.05, 0.1) is 17.1 Å². The van der Waals surface area contributed by atoms with E-state index in [2.05, 4.69) is 15.2 Å². The Hall–Kier alpha value is -2.42. The number of carbonyl (C=O) groups is 1. The first kappa shape index (κ1) is 16.0. The van der Waals surface area contributed by atoms with Gasteiger partial charge in [-0.2, -0.15) is 0 Å². The molecule has 0 amide bonds. The van der Waals surface area contributed by atoms with Crippen LogP contribution in [-0.4, -0.2) is 32.7 Å². The number of rotatable bonds is 6. The van der Waals surface area contributed by atoms with Crippen LogP contribution in [0.2, 0.25) is 0 Å². The van der Waals surface area contributed by atoms with Gasteiger partial charge in [0.15, 0.2) is 0 Å². The normalized spacial score (nSPS) is 10.5. The second-order valence-electron chi connectivity index (χ2n) is 4.38. The lowest BCUT2D eigenvalue weighted by molar-refractivity contribution is -0.384. The van der Waals surface area contributed by atoms with Crippen LogP contribution < -0.4 is 0 Å². The van der Waals surface area contributed by atoms with E-state index in [9.17, 15) is 14.9 Å². The van der Waals surface area contributed by atoms with Gasteiger partial charge in [0.25, 0.3) is 5.69 Å². The van der Waals surface area contributed by atoms with Crippen molar-refractivity contribution in [2.45, 2.75) is 30.3 Å². The zero-order chi connectivity index (χ0) is 16.1. The predicted molar refractivity (Wildman–Crippen MR) is 78.9 cm³/mol. The third-order valence-corrected chi connectivity index (χ3v) is 3.55. The number of aromatic nitrogens is 3. The fraction of sp³-hybridized carbons (Fsp3) is 0.308. The van der Waals surface area contributed by atoms with Crippen molar-refractivity contribution in [3.8, 4) is 0 Å². The lowest BCUT2D eigenvalue weighted by atomic mass is 10.2. The van der Waals surface area contributed by atoms with Crippen LogP contribution in [0.1, 0.15) is 29.5 Å². The van der Waals surface area contributed by atoms with E-state index in [1.807, 2.05) is 6.92 Å². The molecule has 0 aliphatic carbocycles. The standard InChI is InChI=1S/C13H14N4O4S/c1-3-6-21-12(18)10-7-9(17(19)20)4-5-11(10)22-13-14-8(2)15-16-13/h4-5,7H,3,6H2,1-2H3,(H,14,15,16). The third kappa shape index (κ3) is 3.82.